The first-order chi connectivity index (χ1) is 17.0. The zero-order chi connectivity index (χ0) is 24.4. The van der Waals surface area contributed by atoms with Crippen molar-refractivity contribution in [3.63, 3.8) is 0 Å². The van der Waals surface area contributed by atoms with Crippen LogP contribution in [0, 0.1) is 5.82 Å². The Bertz CT molecular complexity index is 1330. The van der Waals surface area contributed by atoms with Gasteiger partial charge in [0, 0.05) is 66.3 Å². The molecule has 1 saturated heterocycles. The molecule has 5 rings (SSSR count). The van der Waals surface area contributed by atoms with E-state index in [9.17, 15) is 9.18 Å². The van der Waals surface area contributed by atoms with E-state index in [2.05, 4.69) is 41.1 Å². The molecule has 0 aliphatic carbocycles. The van der Waals surface area contributed by atoms with Crippen LogP contribution in [-0.2, 0) is 11.2 Å². The molecule has 6 heteroatoms. The number of nitrogens with one attached hydrogen (secondary N) is 1. The fourth-order valence-electron chi connectivity index (χ4n) is 5.11. The lowest BCUT2D eigenvalue weighted by molar-refractivity contribution is -0.131. The van der Waals surface area contributed by atoms with Crippen LogP contribution >= 0.6 is 11.6 Å². The number of anilines is 1. The van der Waals surface area contributed by atoms with Gasteiger partial charge >= 0.3 is 0 Å². The van der Waals surface area contributed by atoms with E-state index in [1.807, 2.05) is 29.3 Å². The summed E-state index contributed by atoms with van der Waals surface area (Å²) in [5.74, 6) is -0.316. The summed E-state index contributed by atoms with van der Waals surface area (Å²) in [5, 5.41) is 1.84. The van der Waals surface area contributed by atoms with Crippen LogP contribution in [0.15, 0.2) is 72.9 Å². The van der Waals surface area contributed by atoms with Crippen LogP contribution < -0.4 is 4.90 Å². The minimum Gasteiger partial charge on any atom is -0.368 e. The molecule has 1 aliphatic rings. The average molecular weight is 490 g/mol. The lowest BCUT2D eigenvalue weighted by atomic mass is 9.87. The Hall–Kier alpha value is -3.31. The van der Waals surface area contributed by atoms with Crippen molar-refractivity contribution in [1.29, 1.82) is 0 Å². The van der Waals surface area contributed by atoms with Crippen molar-refractivity contribution in [2.75, 3.05) is 31.1 Å². The van der Waals surface area contributed by atoms with E-state index >= 15 is 0 Å². The van der Waals surface area contributed by atoms with Crippen molar-refractivity contribution in [2.45, 2.75) is 25.7 Å². The van der Waals surface area contributed by atoms with Gasteiger partial charge in [0.25, 0.3) is 0 Å². The second-order valence-corrected chi connectivity index (χ2v) is 9.53. The SMILES string of the molecule is CCc1cccc2c(C(CC(=O)N3CCN(c4cccc(Cl)c4)CC3)c3ccc(F)cc3)c[nH]c12. The largest absolute Gasteiger partial charge is 0.368 e. The Morgan fingerprint density at radius 2 is 1.77 bits per heavy atom. The number of rotatable bonds is 6. The first kappa shape index (κ1) is 23.4. The third kappa shape index (κ3) is 4.92. The maximum absolute atomic E-state index is 13.7. The maximum Gasteiger partial charge on any atom is 0.223 e. The lowest BCUT2D eigenvalue weighted by Gasteiger charge is -2.36. The topological polar surface area (TPSA) is 39.3 Å². The molecule has 4 aromatic rings. The number of benzene rings is 3. The van der Waals surface area contributed by atoms with Gasteiger partial charge in [0.2, 0.25) is 5.91 Å². The van der Waals surface area contributed by atoms with Gasteiger partial charge in [0.1, 0.15) is 5.82 Å². The number of aromatic amines is 1. The van der Waals surface area contributed by atoms with Crippen LogP contribution in [0.3, 0.4) is 0 Å². The second-order valence-electron chi connectivity index (χ2n) is 9.09. The van der Waals surface area contributed by atoms with Crippen LogP contribution in [0.1, 0.15) is 36.0 Å². The average Bonchev–Trinajstić information content (AvgIpc) is 3.32. The van der Waals surface area contributed by atoms with E-state index < -0.39 is 0 Å². The van der Waals surface area contributed by atoms with Crippen molar-refractivity contribution in [3.05, 3.63) is 100 Å². The molecule has 2 heterocycles. The normalized spacial score (nSPS) is 14.9. The number of carbonyl (C=O) groups excluding carboxylic acids is 1. The van der Waals surface area contributed by atoms with Gasteiger partial charge in [0.05, 0.1) is 0 Å². The molecule has 1 aliphatic heterocycles. The van der Waals surface area contributed by atoms with Crippen molar-refractivity contribution in [2.24, 2.45) is 0 Å². The Balaban J connectivity index is 1.38. The number of nitrogens with zero attached hydrogens (tertiary/aromatic N) is 2. The summed E-state index contributed by atoms with van der Waals surface area (Å²) in [5.41, 5.74) is 5.46. The van der Waals surface area contributed by atoms with Crippen LogP contribution in [0.2, 0.25) is 5.02 Å². The molecule has 35 heavy (non-hydrogen) atoms. The number of amides is 1. The quantitative estimate of drug-likeness (QED) is 0.340. The van der Waals surface area contributed by atoms with E-state index in [1.165, 1.54) is 17.7 Å². The minimum absolute atomic E-state index is 0.117. The fourth-order valence-corrected chi connectivity index (χ4v) is 5.30. The predicted molar refractivity (Wildman–Crippen MR) is 141 cm³/mol. The Labute approximate surface area is 210 Å². The number of halogens is 2. The van der Waals surface area contributed by atoms with E-state index in [0.717, 1.165) is 47.2 Å². The standard InChI is InChI=1S/C29H29ClFN3O/c1-2-20-5-3-8-25-27(19-32-29(20)25)26(21-9-11-23(31)12-10-21)18-28(35)34-15-13-33(14-16-34)24-7-4-6-22(30)17-24/h3-12,17,19,26,32H,2,13-16,18H2,1H3. The molecule has 4 nitrogen and oxygen atoms in total. The molecule has 1 atom stereocenters. The van der Waals surface area contributed by atoms with Crippen LogP contribution in [-0.4, -0.2) is 42.0 Å². The van der Waals surface area contributed by atoms with Gasteiger partial charge in [-0.25, -0.2) is 4.39 Å². The molecule has 1 amide bonds. The van der Waals surface area contributed by atoms with Crippen molar-refractivity contribution in [1.82, 2.24) is 9.88 Å². The highest BCUT2D eigenvalue weighted by molar-refractivity contribution is 6.30. The Morgan fingerprint density at radius 1 is 1.03 bits per heavy atom. The summed E-state index contributed by atoms with van der Waals surface area (Å²) in [6.45, 7) is 4.99. The smallest absolute Gasteiger partial charge is 0.223 e. The van der Waals surface area contributed by atoms with Gasteiger partial charge in [-0.2, -0.15) is 0 Å². The van der Waals surface area contributed by atoms with Crippen LogP contribution in [0.4, 0.5) is 10.1 Å². The number of fused-ring (bicyclic) bond motifs is 1. The molecular weight excluding hydrogens is 461 g/mol. The molecule has 0 bridgehead atoms. The highest BCUT2D eigenvalue weighted by Crippen LogP contribution is 2.35. The van der Waals surface area contributed by atoms with Gasteiger partial charge < -0.3 is 14.8 Å². The third-order valence-electron chi connectivity index (χ3n) is 7.05. The summed E-state index contributed by atoms with van der Waals surface area (Å²) in [6.07, 6.45) is 3.28. The maximum atomic E-state index is 13.7. The first-order valence-corrected chi connectivity index (χ1v) is 12.5. The highest BCUT2D eigenvalue weighted by Gasteiger charge is 2.27. The summed E-state index contributed by atoms with van der Waals surface area (Å²) < 4.78 is 13.7. The molecule has 1 N–H and O–H groups in total. The van der Waals surface area contributed by atoms with Crippen LogP contribution in [0.5, 0.6) is 0 Å². The molecule has 180 valence electrons. The number of hydrogen-bond donors (Lipinski definition) is 1. The van der Waals surface area contributed by atoms with Gasteiger partial charge in [-0.05, 0) is 53.4 Å². The molecule has 1 unspecified atom stereocenters. The predicted octanol–water partition coefficient (Wildman–Crippen LogP) is 6.39. The van der Waals surface area contributed by atoms with E-state index in [1.54, 1.807) is 12.1 Å². The highest BCUT2D eigenvalue weighted by atomic mass is 35.5. The van der Waals surface area contributed by atoms with Crippen LogP contribution in [0.25, 0.3) is 10.9 Å². The minimum atomic E-state index is -0.275. The van der Waals surface area contributed by atoms with E-state index in [0.29, 0.717) is 24.5 Å². The molecule has 0 saturated carbocycles. The van der Waals surface area contributed by atoms with Gasteiger partial charge in [-0.15, -0.1) is 0 Å². The summed E-state index contributed by atoms with van der Waals surface area (Å²) >= 11 is 6.16. The van der Waals surface area contributed by atoms with Gasteiger partial charge in [0.15, 0.2) is 0 Å². The number of aryl methyl sites for hydroxylation is 1. The monoisotopic (exact) mass is 489 g/mol. The molecule has 1 aromatic heterocycles. The molecular formula is C29H29ClFN3O. The third-order valence-corrected chi connectivity index (χ3v) is 7.28. The summed E-state index contributed by atoms with van der Waals surface area (Å²) in [4.78, 5) is 21.1. The number of piperazine rings is 1. The molecule has 0 radical (unpaired) electrons. The van der Waals surface area contributed by atoms with Crippen molar-refractivity contribution < 1.29 is 9.18 Å². The molecule has 1 fully saturated rings. The zero-order valence-corrected chi connectivity index (χ0v) is 20.6. The molecule has 0 spiro atoms. The lowest BCUT2D eigenvalue weighted by Crippen LogP contribution is -2.49. The van der Waals surface area contributed by atoms with Crippen molar-refractivity contribution >= 4 is 34.1 Å². The van der Waals surface area contributed by atoms with Gasteiger partial charge in [-0.3, -0.25) is 4.79 Å². The van der Waals surface area contributed by atoms with Gasteiger partial charge in [-0.1, -0.05) is 54.9 Å². The Morgan fingerprint density at radius 3 is 2.49 bits per heavy atom. The van der Waals surface area contributed by atoms with E-state index in [-0.39, 0.29) is 17.6 Å². The zero-order valence-electron chi connectivity index (χ0n) is 19.8. The van der Waals surface area contributed by atoms with Crippen molar-refractivity contribution in [3.8, 4) is 0 Å². The number of para-hydroxylation sites is 1. The summed E-state index contributed by atoms with van der Waals surface area (Å²) in [7, 11) is 0. The first-order valence-electron chi connectivity index (χ1n) is 12.2. The number of hydrogen-bond acceptors (Lipinski definition) is 2. The molecule has 3 aromatic carbocycles. The number of H-pyrrole nitrogens is 1. The fraction of sp³-hybridized carbons (Fsp3) is 0.276. The number of carbonyl (C=O) groups is 1. The Kier molecular flexibility index (Phi) is 6.78. The number of aromatic nitrogens is 1. The second kappa shape index (κ2) is 10.1. The summed E-state index contributed by atoms with van der Waals surface area (Å²) in [6, 6.07) is 20.7. The van der Waals surface area contributed by atoms with E-state index in [4.69, 9.17) is 11.6 Å².